The molecule has 2 aliphatic heterocycles. The Kier molecular flexibility index (Phi) is 3.54. The van der Waals surface area contributed by atoms with Gasteiger partial charge >= 0.3 is 6.09 Å². The number of carbonyl (C=O) groups excluding carboxylic acids is 1. The highest BCUT2D eigenvalue weighted by Crippen LogP contribution is 2.37. The third-order valence-electron chi connectivity index (χ3n) is 4.26. The lowest BCUT2D eigenvalue weighted by molar-refractivity contribution is 0.162. The Morgan fingerprint density at radius 3 is 2.78 bits per heavy atom. The van der Waals surface area contributed by atoms with Crippen molar-refractivity contribution >= 4 is 6.09 Å². The molecule has 5 nitrogen and oxygen atoms in total. The maximum Gasteiger partial charge on any atom is 0.415 e. The van der Waals surface area contributed by atoms with Gasteiger partial charge in [-0.05, 0) is 36.2 Å². The van der Waals surface area contributed by atoms with Gasteiger partial charge in [0.15, 0.2) is 11.5 Å². The molecule has 1 atom stereocenters. The van der Waals surface area contributed by atoms with Crippen LogP contribution in [0.3, 0.4) is 0 Å². The molecule has 2 aromatic carbocycles. The molecule has 0 aliphatic carbocycles. The van der Waals surface area contributed by atoms with Gasteiger partial charge in [0.25, 0.3) is 0 Å². The SMILES string of the molecule is O=C(Oc1ccccc1)N1CCC(c2ccc3c(c2)OCO3)C1. The molecule has 1 saturated heterocycles. The summed E-state index contributed by atoms with van der Waals surface area (Å²) in [6.07, 6.45) is 0.628. The average molecular weight is 311 g/mol. The summed E-state index contributed by atoms with van der Waals surface area (Å²) in [5, 5.41) is 0. The normalized spacial score (nSPS) is 19.0. The van der Waals surface area contributed by atoms with E-state index >= 15 is 0 Å². The van der Waals surface area contributed by atoms with Crippen molar-refractivity contribution in [1.29, 1.82) is 0 Å². The van der Waals surface area contributed by atoms with Crippen LogP contribution in [0.15, 0.2) is 48.5 Å². The van der Waals surface area contributed by atoms with Crippen molar-refractivity contribution in [2.24, 2.45) is 0 Å². The lowest BCUT2D eigenvalue weighted by atomic mass is 9.98. The van der Waals surface area contributed by atoms with E-state index in [9.17, 15) is 4.79 Å². The number of fused-ring (bicyclic) bond motifs is 1. The van der Waals surface area contributed by atoms with Gasteiger partial charge in [0.1, 0.15) is 5.75 Å². The third-order valence-corrected chi connectivity index (χ3v) is 4.26. The molecule has 0 aromatic heterocycles. The molecule has 0 bridgehead atoms. The van der Waals surface area contributed by atoms with E-state index in [0.717, 1.165) is 17.9 Å². The van der Waals surface area contributed by atoms with Crippen molar-refractivity contribution < 1.29 is 19.0 Å². The summed E-state index contributed by atoms with van der Waals surface area (Å²) < 4.78 is 16.2. The van der Waals surface area contributed by atoms with Crippen LogP contribution in [-0.4, -0.2) is 30.9 Å². The highest BCUT2D eigenvalue weighted by atomic mass is 16.7. The van der Waals surface area contributed by atoms with Crippen molar-refractivity contribution in [2.45, 2.75) is 12.3 Å². The van der Waals surface area contributed by atoms with Crippen LogP contribution in [0, 0.1) is 0 Å². The van der Waals surface area contributed by atoms with Crippen molar-refractivity contribution in [1.82, 2.24) is 4.90 Å². The predicted octanol–water partition coefficient (Wildman–Crippen LogP) is 3.40. The summed E-state index contributed by atoms with van der Waals surface area (Å²) in [6.45, 7) is 1.63. The maximum absolute atomic E-state index is 12.2. The van der Waals surface area contributed by atoms with Crippen LogP contribution in [0.25, 0.3) is 0 Å². The number of rotatable bonds is 2. The fourth-order valence-electron chi connectivity index (χ4n) is 3.02. The molecule has 0 N–H and O–H groups in total. The highest BCUT2D eigenvalue weighted by molar-refractivity contribution is 5.71. The number of nitrogens with zero attached hydrogens (tertiary/aromatic N) is 1. The highest BCUT2D eigenvalue weighted by Gasteiger charge is 2.29. The van der Waals surface area contributed by atoms with Gasteiger partial charge in [0.2, 0.25) is 6.79 Å². The summed E-state index contributed by atoms with van der Waals surface area (Å²) in [5.41, 5.74) is 1.17. The first-order valence-corrected chi connectivity index (χ1v) is 7.71. The fourth-order valence-corrected chi connectivity index (χ4v) is 3.02. The van der Waals surface area contributed by atoms with Crippen molar-refractivity contribution in [3.05, 3.63) is 54.1 Å². The topological polar surface area (TPSA) is 48.0 Å². The molecule has 0 radical (unpaired) electrons. The van der Waals surface area contributed by atoms with E-state index in [0.29, 0.717) is 24.8 Å². The largest absolute Gasteiger partial charge is 0.454 e. The Hall–Kier alpha value is -2.69. The first-order chi connectivity index (χ1) is 11.3. The van der Waals surface area contributed by atoms with Crippen molar-refractivity contribution in [3.63, 3.8) is 0 Å². The van der Waals surface area contributed by atoms with Crippen LogP contribution >= 0.6 is 0 Å². The van der Waals surface area contributed by atoms with Gasteiger partial charge in [-0.3, -0.25) is 0 Å². The molecule has 1 fully saturated rings. The standard InChI is InChI=1S/C18H17NO4/c20-18(23-15-4-2-1-3-5-15)19-9-8-14(11-19)13-6-7-16-17(10-13)22-12-21-16/h1-7,10,14H,8-9,11-12H2. The van der Waals surface area contributed by atoms with Crippen LogP contribution in [0.4, 0.5) is 4.79 Å². The Morgan fingerprint density at radius 1 is 1.09 bits per heavy atom. The number of carbonyl (C=O) groups is 1. The molecular formula is C18H17NO4. The number of benzene rings is 2. The zero-order valence-electron chi connectivity index (χ0n) is 12.6. The van der Waals surface area contributed by atoms with E-state index in [1.54, 1.807) is 17.0 Å². The Morgan fingerprint density at radius 2 is 1.91 bits per heavy atom. The number of amides is 1. The lowest BCUT2D eigenvalue weighted by Gasteiger charge is -2.16. The monoisotopic (exact) mass is 311 g/mol. The zero-order valence-corrected chi connectivity index (χ0v) is 12.6. The first-order valence-electron chi connectivity index (χ1n) is 7.71. The molecule has 1 amide bonds. The molecule has 23 heavy (non-hydrogen) atoms. The predicted molar refractivity (Wildman–Crippen MR) is 84.0 cm³/mol. The van der Waals surface area contributed by atoms with Crippen LogP contribution in [0.1, 0.15) is 17.9 Å². The molecule has 4 rings (SSSR count). The van der Waals surface area contributed by atoms with Gasteiger partial charge in [-0.1, -0.05) is 24.3 Å². The van der Waals surface area contributed by atoms with Gasteiger partial charge in [-0.15, -0.1) is 0 Å². The summed E-state index contributed by atoms with van der Waals surface area (Å²) in [6, 6.07) is 15.1. The van der Waals surface area contributed by atoms with E-state index in [1.165, 1.54) is 5.56 Å². The Balaban J connectivity index is 1.42. The van der Waals surface area contributed by atoms with E-state index in [-0.39, 0.29) is 12.9 Å². The van der Waals surface area contributed by atoms with Gasteiger partial charge < -0.3 is 19.1 Å². The van der Waals surface area contributed by atoms with E-state index in [4.69, 9.17) is 14.2 Å². The van der Waals surface area contributed by atoms with Gasteiger partial charge in [-0.25, -0.2) is 4.79 Å². The number of hydrogen-bond donors (Lipinski definition) is 0. The van der Waals surface area contributed by atoms with Crippen molar-refractivity contribution in [2.75, 3.05) is 19.9 Å². The van der Waals surface area contributed by atoms with Crippen LogP contribution in [-0.2, 0) is 0 Å². The minimum atomic E-state index is -0.292. The van der Waals surface area contributed by atoms with E-state index < -0.39 is 0 Å². The Bertz CT molecular complexity index is 716. The number of likely N-dealkylation sites (tertiary alicyclic amines) is 1. The van der Waals surface area contributed by atoms with E-state index in [1.807, 2.05) is 36.4 Å². The van der Waals surface area contributed by atoms with E-state index in [2.05, 4.69) is 0 Å². The molecule has 1 unspecified atom stereocenters. The molecule has 2 aromatic rings. The lowest BCUT2D eigenvalue weighted by Crippen LogP contribution is -2.31. The van der Waals surface area contributed by atoms with Gasteiger partial charge in [-0.2, -0.15) is 0 Å². The summed E-state index contributed by atoms with van der Waals surface area (Å²) in [5.74, 6) is 2.44. The Labute approximate surface area is 134 Å². The molecule has 118 valence electrons. The van der Waals surface area contributed by atoms with Gasteiger partial charge in [0, 0.05) is 19.0 Å². The summed E-state index contributed by atoms with van der Waals surface area (Å²) >= 11 is 0. The first kappa shape index (κ1) is 13.9. The van der Waals surface area contributed by atoms with Crippen LogP contribution in [0.2, 0.25) is 0 Å². The zero-order chi connectivity index (χ0) is 15.6. The molecule has 2 aliphatic rings. The quantitative estimate of drug-likeness (QED) is 0.853. The maximum atomic E-state index is 12.2. The molecule has 0 spiro atoms. The van der Waals surface area contributed by atoms with Gasteiger partial charge in [0.05, 0.1) is 0 Å². The molecule has 2 heterocycles. The van der Waals surface area contributed by atoms with Crippen LogP contribution in [0.5, 0.6) is 17.2 Å². The fraction of sp³-hybridized carbons (Fsp3) is 0.278. The average Bonchev–Trinajstić information content (AvgIpc) is 3.24. The number of para-hydroxylation sites is 1. The summed E-state index contributed by atoms with van der Waals surface area (Å²) in [7, 11) is 0. The molecule has 0 saturated carbocycles. The second kappa shape index (κ2) is 5.83. The number of hydrogen-bond acceptors (Lipinski definition) is 4. The molecule has 5 heteroatoms. The van der Waals surface area contributed by atoms with Crippen molar-refractivity contribution in [3.8, 4) is 17.2 Å². The minimum Gasteiger partial charge on any atom is -0.454 e. The third kappa shape index (κ3) is 2.82. The second-order valence-electron chi connectivity index (χ2n) is 5.73. The summed E-state index contributed by atoms with van der Waals surface area (Å²) in [4.78, 5) is 14.0. The minimum absolute atomic E-state index is 0.277. The number of ether oxygens (including phenoxy) is 3. The second-order valence-corrected chi connectivity index (χ2v) is 5.73. The smallest absolute Gasteiger partial charge is 0.415 e. The van der Waals surface area contributed by atoms with Crippen LogP contribution < -0.4 is 14.2 Å². The molecular weight excluding hydrogens is 294 g/mol.